The molecule has 1 N–H and O–H groups in total. The summed E-state index contributed by atoms with van der Waals surface area (Å²) in [5, 5.41) is 2.97. The number of rotatable bonds is 4. The number of anilines is 1. The molecule has 4 rings (SSSR count). The summed E-state index contributed by atoms with van der Waals surface area (Å²) in [6.07, 6.45) is 4.37. The van der Waals surface area contributed by atoms with Gasteiger partial charge in [0, 0.05) is 24.7 Å². The van der Waals surface area contributed by atoms with Gasteiger partial charge in [-0.3, -0.25) is 4.79 Å². The van der Waals surface area contributed by atoms with E-state index < -0.39 is 10.0 Å². The van der Waals surface area contributed by atoms with Crippen molar-refractivity contribution in [3.05, 3.63) is 24.3 Å². The van der Waals surface area contributed by atoms with Gasteiger partial charge in [-0.1, -0.05) is 6.42 Å². The highest BCUT2D eigenvalue weighted by atomic mass is 32.2. The maximum absolute atomic E-state index is 12.9. The lowest BCUT2D eigenvalue weighted by atomic mass is 9.88. The van der Waals surface area contributed by atoms with E-state index in [1.165, 1.54) is 17.1 Å². The zero-order valence-electron chi connectivity index (χ0n) is 15.9. The number of benzene rings is 1. The average molecular weight is 393 g/mol. The summed E-state index contributed by atoms with van der Waals surface area (Å²) in [4.78, 5) is 12.8. The van der Waals surface area contributed by atoms with Gasteiger partial charge in [0.25, 0.3) is 0 Å². The molecule has 0 aromatic heterocycles. The van der Waals surface area contributed by atoms with E-state index in [1.807, 2.05) is 13.8 Å². The van der Waals surface area contributed by atoms with E-state index in [-0.39, 0.29) is 28.9 Å². The molecular weight excluding hydrogens is 364 g/mol. The number of nitrogens with one attached hydrogen (secondary N) is 1. The molecule has 5 atom stereocenters. The Balaban J connectivity index is 1.43. The molecule has 2 saturated carbocycles. The highest BCUT2D eigenvalue weighted by molar-refractivity contribution is 7.89. The molecule has 3 fully saturated rings. The zero-order chi connectivity index (χ0) is 19.2. The van der Waals surface area contributed by atoms with Crippen molar-refractivity contribution in [3.63, 3.8) is 0 Å². The van der Waals surface area contributed by atoms with E-state index in [4.69, 9.17) is 4.74 Å². The molecule has 1 aromatic carbocycles. The van der Waals surface area contributed by atoms with Gasteiger partial charge in [0.1, 0.15) is 0 Å². The Morgan fingerprint density at radius 3 is 2.30 bits per heavy atom. The van der Waals surface area contributed by atoms with Crippen LogP contribution >= 0.6 is 0 Å². The molecule has 1 amide bonds. The molecule has 0 spiro atoms. The SMILES string of the molecule is CC1CN(S(=O)(=O)c2ccc(NC(=O)C3CC4CCC3C4)cc2)CC(C)O1. The van der Waals surface area contributed by atoms with Crippen molar-refractivity contribution in [1.29, 1.82) is 0 Å². The van der Waals surface area contributed by atoms with Crippen LogP contribution < -0.4 is 5.32 Å². The summed E-state index contributed by atoms with van der Waals surface area (Å²) in [6.45, 7) is 4.48. The Labute approximate surface area is 161 Å². The van der Waals surface area contributed by atoms with Crippen LogP contribution in [0.4, 0.5) is 5.69 Å². The quantitative estimate of drug-likeness (QED) is 0.855. The van der Waals surface area contributed by atoms with Crippen LogP contribution in [0.3, 0.4) is 0 Å². The summed E-state index contributed by atoms with van der Waals surface area (Å²) in [7, 11) is -3.56. The number of fused-ring (bicyclic) bond motifs is 2. The molecule has 27 heavy (non-hydrogen) atoms. The number of hydrogen-bond acceptors (Lipinski definition) is 4. The fraction of sp³-hybridized carbons (Fsp3) is 0.650. The van der Waals surface area contributed by atoms with Crippen LogP contribution in [0.25, 0.3) is 0 Å². The van der Waals surface area contributed by atoms with Crippen molar-refractivity contribution in [3.8, 4) is 0 Å². The summed E-state index contributed by atoms with van der Waals surface area (Å²) < 4.78 is 32.9. The second-order valence-corrected chi connectivity index (χ2v) is 10.3. The van der Waals surface area contributed by atoms with Crippen molar-refractivity contribution >= 4 is 21.6 Å². The van der Waals surface area contributed by atoms with Crippen molar-refractivity contribution in [2.45, 2.75) is 56.6 Å². The average Bonchev–Trinajstić information content (AvgIpc) is 3.25. The molecule has 5 unspecified atom stereocenters. The summed E-state index contributed by atoms with van der Waals surface area (Å²) in [5.41, 5.74) is 0.658. The van der Waals surface area contributed by atoms with Gasteiger partial charge in [-0.25, -0.2) is 8.42 Å². The van der Waals surface area contributed by atoms with Crippen LogP contribution in [0.15, 0.2) is 29.2 Å². The molecule has 2 bridgehead atoms. The van der Waals surface area contributed by atoms with E-state index in [0.29, 0.717) is 24.7 Å². The van der Waals surface area contributed by atoms with Crippen LogP contribution in [-0.4, -0.2) is 43.9 Å². The van der Waals surface area contributed by atoms with E-state index in [1.54, 1.807) is 24.3 Å². The van der Waals surface area contributed by atoms with Crippen LogP contribution in [-0.2, 0) is 19.6 Å². The highest BCUT2D eigenvalue weighted by Gasteiger charge is 2.43. The number of nitrogens with zero attached hydrogens (tertiary/aromatic N) is 1. The van der Waals surface area contributed by atoms with Gasteiger partial charge in [0.2, 0.25) is 15.9 Å². The van der Waals surface area contributed by atoms with Gasteiger partial charge in [0.05, 0.1) is 17.1 Å². The second-order valence-electron chi connectivity index (χ2n) is 8.37. The van der Waals surface area contributed by atoms with Crippen molar-refractivity contribution in [2.75, 3.05) is 18.4 Å². The van der Waals surface area contributed by atoms with Gasteiger partial charge in [-0.2, -0.15) is 4.31 Å². The maximum Gasteiger partial charge on any atom is 0.243 e. The first kappa shape index (κ1) is 18.9. The minimum atomic E-state index is -3.56. The largest absolute Gasteiger partial charge is 0.373 e. The lowest BCUT2D eigenvalue weighted by Gasteiger charge is -2.34. The first-order valence-electron chi connectivity index (χ1n) is 9.89. The Morgan fingerprint density at radius 1 is 1.07 bits per heavy atom. The molecule has 3 aliphatic rings. The molecule has 2 aliphatic carbocycles. The smallest absolute Gasteiger partial charge is 0.243 e. The van der Waals surface area contributed by atoms with Gasteiger partial charge < -0.3 is 10.1 Å². The van der Waals surface area contributed by atoms with Crippen molar-refractivity contribution in [2.24, 2.45) is 17.8 Å². The number of carbonyl (C=O) groups excluding carboxylic acids is 1. The van der Waals surface area contributed by atoms with Crippen molar-refractivity contribution < 1.29 is 17.9 Å². The van der Waals surface area contributed by atoms with E-state index >= 15 is 0 Å². The van der Waals surface area contributed by atoms with Crippen LogP contribution in [0.5, 0.6) is 0 Å². The molecule has 6 nitrogen and oxygen atoms in total. The number of morpholine rings is 1. The predicted octanol–water partition coefficient (Wildman–Crippen LogP) is 2.86. The third kappa shape index (κ3) is 3.77. The van der Waals surface area contributed by atoms with Gasteiger partial charge in [-0.15, -0.1) is 0 Å². The number of hydrogen-bond donors (Lipinski definition) is 1. The Morgan fingerprint density at radius 2 is 1.74 bits per heavy atom. The number of sulfonamides is 1. The number of amides is 1. The molecule has 1 heterocycles. The third-order valence-electron chi connectivity index (χ3n) is 6.22. The summed E-state index contributed by atoms with van der Waals surface area (Å²) >= 11 is 0. The maximum atomic E-state index is 12.9. The second kappa shape index (κ2) is 7.18. The van der Waals surface area contributed by atoms with Gasteiger partial charge >= 0.3 is 0 Å². The van der Waals surface area contributed by atoms with Crippen molar-refractivity contribution in [1.82, 2.24) is 4.31 Å². The molecule has 148 valence electrons. The topological polar surface area (TPSA) is 75.7 Å². The fourth-order valence-corrected chi connectivity index (χ4v) is 6.58. The standard InChI is InChI=1S/C20H28N2O4S/c1-13-11-22(12-14(2)26-13)27(24,25)18-7-5-17(6-8-18)21-20(23)19-10-15-3-4-16(19)9-15/h5-8,13-16,19H,3-4,9-12H2,1-2H3,(H,21,23). The molecule has 1 aliphatic heterocycles. The van der Waals surface area contributed by atoms with E-state index in [9.17, 15) is 13.2 Å². The molecular formula is C20H28N2O4S. The van der Waals surface area contributed by atoms with Gasteiger partial charge in [-0.05, 0) is 69.2 Å². The lowest BCUT2D eigenvalue weighted by Crippen LogP contribution is -2.48. The minimum Gasteiger partial charge on any atom is -0.373 e. The first-order chi connectivity index (χ1) is 12.8. The first-order valence-corrected chi connectivity index (χ1v) is 11.3. The Bertz CT molecular complexity index is 798. The summed E-state index contributed by atoms with van der Waals surface area (Å²) in [5.74, 6) is 1.44. The molecule has 0 radical (unpaired) electrons. The van der Waals surface area contributed by atoms with Crippen LogP contribution in [0.1, 0.15) is 39.5 Å². The lowest BCUT2D eigenvalue weighted by molar-refractivity contribution is -0.121. The third-order valence-corrected chi connectivity index (χ3v) is 8.07. The van der Waals surface area contributed by atoms with E-state index in [2.05, 4.69) is 5.32 Å². The number of carbonyl (C=O) groups is 1. The Kier molecular flexibility index (Phi) is 5.03. The number of ether oxygens (including phenoxy) is 1. The Hall–Kier alpha value is -1.44. The molecule has 1 saturated heterocycles. The van der Waals surface area contributed by atoms with Crippen LogP contribution in [0.2, 0.25) is 0 Å². The summed E-state index contributed by atoms with van der Waals surface area (Å²) in [6, 6.07) is 6.53. The molecule has 1 aromatic rings. The monoisotopic (exact) mass is 392 g/mol. The highest BCUT2D eigenvalue weighted by Crippen LogP contribution is 2.48. The van der Waals surface area contributed by atoms with Gasteiger partial charge in [0.15, 0.2) is 0 Å². The van der Waals surface area contributed by atoms with Crippen LogP contribution in [0, 0.1) is 17.8 Å². The minimum absolute atomic E-state index is 0.0774. The fourth-order valence-electron chi connectivity index (χ4n) is 4.99. The predicted molar refractivity (Wildman–Crippen MR) is 103 cm³/mol. The normalized spacial score (nSPS) is 33.9. The zero-order valence-corrected chi connectivity index (χ0v) is 16.7. The molecule has 7 heteroatoms. The van der Waals surface area contributed by atoms with E-state index in [0.717, 1.165) is 18.8 Å².